The number of nitrogens with zero attached hydrogens (tertiary/aromatic N) is 2. The minimum atomic E-state index is -0.739. The zero-order valence-corrected chi connectivity index (χ0v) is 11.5. The van der Waals surface area contributed by atoms with Crippen LogP contribution in [-0.4, -0.2) is 37.0 Å². The molecule has 0 aromatic rings. The lowest BCUT2D eigenvalue weighted by molar-refractivity contribution is -0.129. The van der Waals surface area contributed by atoms with Crippen LogP contribution in [0.1, 0.15) is 44.9 Å². The van der Waals surface area contributed by atoms with Crippen LogP contribution < -0.4 is 5.32 Å². The second-order valence-corrected chi connectivity index (χ2v) is 6.06. The number of nitrogens with one attached hydrogen (secondary N) is 1. The standard InChI is InChI=1S/C14H23N3O/c1-17(2)14(8-5-9-14)11-16-12(18)13(10-15)6-3-4-7-13/h3-9,11H2,1-2H3,(H,16,18). The van der Waals surface area contributed by atoms with Crippen LogP contribution in [0.15, 0.2) is 0 Å². The van der Waals surface area contributed by atoms with Gasteiger partial charge >= 0.3 is 0 Å². The molecule has 0 heterocycles. The molecule has 2 aliphatic rings. The van der Waals surface area contributed by atoms with Gasteiger partial charge in [0.25, 0.3) is 0 Å². The summed E-state index contributed by atoms with van der Waals surface area (Å²) in [7, 11) is 4.14. The van der Waals surface area contributed by atoms with E-state index in [0.717, 1.165) is 38.5 Å². The second-order valence-electron chi connectivity index (χ2n) is 6.06. The maximum absolute atomic E-state index is 12.3. The number of rotatable bonds is 4. The van der Waals surface area contributed by atoms with Crippen molar-refractivity contribution >= 4 is 5.91 Å². The molecule has 0 aromatic carbocycles. The molecule has 1 amide bonds. The minimum absolute atomic E-state index is 0.0457. The van der Waals surface area contributed by atoms with Crippen molar-refractivity contribution in [1.82, 2.24) is 10.2 Å². The fourth-order valence-electron chi connectivity index (χ4n) is 3.15. The molecule has 0 atom stereocenters. The molecule has 0 spiro atoms. The summed E-state index contributed by atoms with van der Waals surface area (Å²) in [4.78, 5) is 14.5. The van der Waals surface area contributed by atoms with Crippen LogP contribution in [-0.2, 0) is 4.79 Å². The Hall–Kier alpha value is -1.08. The topological polar surface area (TPSA) is 56.1 Å². The zero-order chi connectivity index (χ0) is 13.2. The summed E-state index contributed by atoms with van der Waals surface area (Å²) in [6.07, 6.45) is 6.96. The van der Waals surface area contributed by atoms with Gasteiger partial charge in [-0.1, -0.05) is 12.8 Å². The second kappa shape index (κ2) is 4.89. The quantitative estimate of drug-likeness (QED) is 0.824. The van der Waals surface area contributed by atoms with Crippen molar-refractivity contribution in [2.75, 3.05) is 20.6 Å². The molecule has 0 saturated heterocycles. The maximum Gasteiger partial charge on any atom is 0.240 e. The first-order valence-electron chi connectivity index (χ1n) is 6.92. The molecular formula is C14H23N3O. The number of carbonyl (C=O) groups excluding carboxylic acids is 1. The minimum Gasteiger partial charge on any atom is -0.353 e. The molecule has 100 valence electrons. The Morgan fingerprint density at radius 2 is 1.83 bits per heavy atom. The van der Waals surface area contributed by atoms with Gasteiger partial charge in [0.15, 0.2) is 0 Å². The van der Waals surface area contributed by atoms with E-state index in [1.165, 1.54) is 6.42 Å². The smallest absolute Gasteiger partial charge is 0.240 e. The molecular weight excluding hydrogens is 226 g/mol. The molecule has 18 heavy (non-hydrogen) atoms. The van der Waals surface area contributed by atoms with Crippen molar-refractivity contribution < 1.29 is 4.79 Å². The molecule has 0 aliphatic heterocycles. The largest absolute Gasteiger partial charge is 0.353 e. The van der Waals surface area contributed by atoms with Crippen LogP contribution >= 0.6 is 0 Å². The van der Waals surface area contributed by atoms with Crippen molar-refractivity contribution in [2.45, 2.75) is 50.5 Å². The van der Waals surface area contributed by atoms with E-state index < -0.39 is 5.41 Å². The lowest BCUT2D eigenvalue weighted by Gasteiger charge is -2.47. The van der Waals surface area contributed by atoms with E-state index >= 15 is 0 Å². The van der Waals surface area contributed by atoms with Gasteiger partial charge < -0.3 is 10.2 Å². The summed E-state index contributed by atoms with van der Waals surface area (Å²) in [6, 6.07) is 2.25. The number of hydrogen-bond acceptors (Lipinski definition) is 3. The summed E-state index contributed by atoms with van der Waals surface area (Å²) < 4.78 is 0. The lowest BCUT2D eigenvalue weighted by atomic mass is 9.75. The van der Waals surface area contributed by atoms with Gasteiger partial charge in [0.05, 0.1) is 6.07 Å². The molecule has 2 rings (SSSR count). The monoisotopic (exact) mass is 249 g/mol. The predicted molar refractivity (Wildman–Crippen MR) is 69.8 cm³/mol. The van der Waals surface area contributed by atoms with Crippen molar-refractivity contribution in [3.63, 3.8) is 0 Å². The van der Waals surface area contributed by atoms with E-state index in [0.29, 0.717) is 6.54 Å². The van der Waals surface area contributed by atoms with Gasteiger partial charge in [-0.25, -0.2) is 0 Å². The SMILES string of the molecule is CN(C)C1(CNC(=O)C2(C#N)CCCC2)CCC1. The first kappa shape index (κ1) is 13.4. The average molecular weight is 249 g/mol. The molecule has 0 aromatic heterocycles. The highest BCUT2D eigenvalue weighted by Gasteiger charge is 2.44. The molecule has 0 unspecified atom stereocenters. The average Bonchev–Trinajstić information content (AvgIpc) is 2.76. The molecule has 2 fully saturated rings. The van der Waals surface area contributed by atoms with Gasteiger partial charge in [0.2, 0.25) is 5.91 Å². The van der Waals surface area contributed by atoms with Crippen LogP contribution in [0.5, 0.6) is 0 Å². The Balaban J connectivity index is 1.94. The third-order valence-corrected chi connectivity index (χ3v) is 4.92. The van der Waals surface area contributed by atoms with Gasteiger partial charge in [-0.15, -0.1) is 0 Å². The van der Waals surface area contributed by atoms with Crippen LogP contribution in [0.3, 0.4) is 0 Å². The Morgan fingerprint density at radius 1 is 1.22 bits per heavy atom. The molecule has 1 N–H and O–H groups in total. The van der Waals surface area contributed by atoms with E-state index in [-0.39, 0.29) is 11.4 Å². The zero-order valence-electron chi connectivity index (χ0n) is 11.5. The number of nitriles is 1. The van der Waals surface area contributed by atoms with Crippen molar-refractivity contribution in [3.8, 4) is 6.07 Å². The van der Waals surface area contributed by atoms with Gasteiger partial charge in [0, 0.05) is 12.1 Å². The number of carbonyl (C=O) groups is 1. The number of hydrogen-bond donors (Lipinski definition) is 1. The molecule has 2 saturated carbocycles. The van der Waals surface area contributed by atoms with Gasteiger partial charge in [-0.05, 0) is 46.2 Å². The Bertz CT molecular complexity index is 360. The molecule has 2 aliphatic carbocycles. The molecule has 4 heteroatoms. The van der Waals surface area contributed by atoms with Gasteiger partial charge in [-0.3, -0.25) is 4.79 Å². The van der Waals surface area contributed by atoms with E-state index in [9.17, 15) is 10.1 Å². The highest BCUT2D eigenvalue weighted by molar-refractivity contribution is 5.85. The Kier molecular flexibility index (Phi) is 3.63. The summed E-state index contributed by atoms with van der Waals surface area (Å²) in [5, 5.41) is 12.3. The normalized spacial score (nSPS) is 24.3. The van der Waals surface area contributed by atoms with Gasteiger partial charge in [-0.2, -0.15) is 5.26 Å². The van der Waals surface area contributed by atoms with Crippen molar-refractivity contribution in [3.05, 3.63) is 0 Å². The highest BCUT2D eigenvalue weighted by atomic mass is 16.2. The maximum atomic E-state index is 12.3. The van der Waals surface area contributed by atoms with Gasteiger partial charge in [0.1, 0.15) is 5.41 Å². The first-order valence-corrected chi connectivity index (χ1v) is 6.92. The summed E-state index contributed by atoms with van der Waals surface area (Å²) in [5.41, 5.74) is -0.609. The number of likely N-dealkylation sites (N-methyl/N-ethyl adjacent to an activating group) is 1. The van der Waals surface area contributed by atoms with Crippen LogP contribution in [0.2, 0.25) is 0 Å². The van der Waals surface area contributed by atoms with Crippen LogP contribution in [0.4, 0.5) is 0 Å². The van der Waals surface area contributed by atoms with Crippen LogP contribution in [0.25, 0.3) is 0 Å². The Labute approximate surface area is 109 Å². The van der Waals surface area contributed by atoms with E-state index in [4.69, 9.17) is 0 Å². The fourth-order valence-corrected chi connectivity index (χ4v) is 3.15. The lowest BCUT2D eigenvalue weighted by Crippen LogP contribution is -2.58. The van der Waals surface area contributed by atoms with Crippen molar-refractivity contribution in [1.29, 1.82) is 5.26 Å². The van der Waals surface area contributed by atoms with Crippen LogP contribution in [0, 0.1) is 16.7 Å². The van der Waals surface area contributed by atoms with E-state index in [1.807, 2.05) is 0 Å². The third-order valence-electron chi connectivity index (χ3n) is 4.92. The van der Waals surface area contributed by atoms with Crippen molar-refractivity contribution in [2.24, 2.45) is 5.41 Å². The predicted octanol–water partition coefficient (Wildman–Crippen LogP) is 1.67. The molecule has 4 nitrogen and oxygen atoms in total. The summed E-state index contributed by atoms with van der Waals surface area (Å²) >= 11 is 0. The Morgan fingerprint density at radius 3 is 2.22 bits per heavy atom. The summed E-state index contributed by atoms with van der Waals surface area (Å²) in [6.45, 7) is 0.683. The van der Waals surface area contributed by atoms with E-state index in [2.05, 4.69) is 30.4 Å². The summed E-state index contributed by atoms with van der Waals surface area (Å²) in [5.74, 6) is -0.0457. The van der Waals surface area contributed by atoms with E-state index in [1.54, 1.807) is 0 Å². The third kappa shape index (κ3) is 2.12. The first-order chi connectivity index (χ1) is 8.55. The molecule has 0 radical (unpaired) electrons. The number of amides is 1. The highest BCUT2D eigenvalue weighted by Crippen LogP contribution is 2.39. The fraction of sp³-hybridized carbons (Fsp3) is 0.857. The molecule has 0 bridgehead atoms.